The van der Waals surface area contributed by atoms with Gasteiger partial charge in [0, 0.05) is 19.3 Å². The number of anilines is 2. The molecule has 0 saturated carbocycles. The van der Waals surface area contributed by atoms with Gasteiger partial charge in [0.05, 0.1) is 12.4 Å². The maximum atomic E-state index is 12.5. The van der Waals surface area contributed by atoms with Gasteiger partial charge in [0.15, 0.2) is 0 Å². The average Bonchev–Trinajstić information content (AvgIpc) is 2.59. The normalized spacial score (nSPS) is 11.2. The number of rotatable bonds is 6. The van der Waals surface area contributed by atoms with Crippen molar-refractivity contribution in [2.75, 3.05) is 23.8 Å². The summed E-state index contributed by atoms with van der Waals surface area (Å²) in [5, 5.41) is 2.96. The van der Waals surface area contributed by atoms with Crippen LogP contribution in [0, 0.1) is 0 Å². The van der Waals surface area contributed by atoms with Crippen molar-refractivity contribution >= 4 is 17.4 Å². The Labute approximate surface area is 150 Å². The predicted octanol–water partition coefficient (Wildman–Crippen LogP) is 4.26. The fraction of sp³-hybridized carbons (Fsp3) is 0.450. The van der Waals surface area contributed by atoms with Crippen LogP contribution in [-0.2, 0) is 5.41 Å². The average molecular weight is 340 g/mol. The van der Waals surface area contributed by atoms with Crippen molar-refractivity contribution in [1.82, 2.24) is 9.97 Å². The standard InChI is InChI=1S/C20H28N4O/c1-6-7-12-24(5)18-14-21-17(13-22-18)19(25)23-16-11-9-8-10-15(16)20(2,3)4/h8-11,13-14H,6-7,12H2,1-5H3,(H,23,25). The summed E-state index contributed by atoms with van der Waals surface area (Å²) < 4.78 is 0. The fourth-order valence-electron chi connectivity index (χ4n) is 2.58. The summed E-state index contributed by atoms with van der Waals surface area (Å²) in [5.41, 5.74) is 2.16. The number of para-hydroxylation sites is 1. The largest absolute Gasteiger partial charge is 0.358 e. The van der Waals surface area contributed by atoms with E-state index in [0.29, 0.717) is 5.69 Å². The Morgan fingerprint density at radius 3 is 2.48 bits per heavy atom. The summed E-state index contributed by atoms with van der Waals surface area (Å²) in [6.45, 7) is 9.45. The lowest BCUT2D eigenvalue weighted by atomic mass is 9.86. The molecule has 0 atom stereocenters. The molecule has 0 radical (unpaired) electrons. The number of carbonyl (C=O) groups excluding carboxylic acids is 1. The van der Waals surface area contributed by atoms with Gasteiger partial charge in [-0.15, -0.1) is 0 Å². The first-order chi connectivity index (χ1) is 11.8. The first-order valence-electron chi connectivity index (χ1n) is 8.77. The van der Waals surface area contributed by atoms with Gasteiger partial charge in [-0.2, -0.15) is 0 Å². The molecule has 0 saturated heterocycles. The highest BCUT2D eigenvalue weighted by atomic mass is 16.1. The van der Waals surface area contributed by atoms with E-state index in [4.69, 9.17) is 0 Å². The van der Waals surface area contributed by atoms with Crippen LogP contribution in [-0.4, -0.2) is 29.5 Å². The van der Waals surface area contributed by atoms with Crippen LogP contribution in [0.3, 0.4) is 0 Å². The van der Waals surface area contributed by atoms with E-state index in [-0.39, 0.29) is 11.3 Å². The molecule has 0 bridgehead atoms. The van der Waals surface area contributed by atoms with Gasteiger partial charge in [-0.3, -0.25) is 4.79 Å². The molecule has 1 heterocycles. The third-order valence-electron chi connectivity index (χ3n) is 4.09. The van der Waals surface area contributed by atoms with Gasteiger partial charge < -0.3 is 10.2 Å². The number of hydrogen-bond donors (Lipinski definition) is 1. The number of carbonyl (C=O) groups is 1. The molecule has 2 aromatic rings. The maximum Gasteiger partial charge on any atom is 0.275 e. The molecule has 0 aliphatic rings. The minimum Gasteiger partial charge on any atom is -0.358 e. The van der Waals surface area contributed by atoms with Crippen LogP contribution in [0.15, 0.2) is 36.7 Å². The molecular weight excluding hydrogens is 312 g/mol. The Morgan fingerprint density at radius 1 is 1.16 bits per heavy atom. The van der Waals surface area contributed by atoms with Crippen molar-refractivity contribution in [3.8, 4) is 0 Å². The molecule has 0 aliphatic heterocycles. The van der Waals surface area contributed by atoms with Crippen LogP contribution in [0.2, 0.25) is 0 Å². The molecule has 1 aromatic carbocycles. The molecule has 5 heteroatoms. The zero-order valence-corrected chi connectivity index (χ0v) is 15.8. The molecule has 0 aliphatic carbocycles. The van der Waals surface area contributed by atoms with Crippen molar-refractivity contribution < 1.29 is 4.79 Å². The number of hydrogen-bond acceptors (Lipinski definition) is 4. The summed E-state index contributed by atoms with van der Waals surface area (Å²) in [7, 11) is 1.99. The molecular formula is C20H28N4O. The number of unbranched alkanes of at least 4 members (excludes halogenated alkanes) is 1. The highest BCUT2D eigenvalue weighted by Crippen LogP contribution is 2.29. The SMILES string of the molecule is CCCCN(C)c1cnc(C(=O)Nc2ccccc2C(C)(C)C)cn1. The van der Waals surface area contributed by atoms with E-state index in [2.05, 4.69) is 43.0 Å². The van der Waals surface area contributed by atoms with Crippen molar-refractivity contribution in [3.05, 3.63) is 47.9 Å². The van der Waals surface area contributed by atoms with E-state index in [0.717, 1.165) is 36.5 Å². The van der Waals surface area contributed by atoms with Gasteiger partial charge in [0.2, 0.25) is 0 Å². The Morgan fingerprint density at radius 2 is 1.88 bits per heavy atom. The number of aromatic nitrogens is 2. The van der Waals surface area contributed by atoms with Crippen molar-refractivity contribution in [2.45, 2.75) is 46.0 Å². The smallest absolute Gasteiger partial charge is 0.275 e. The van der Waals surface area contributed by atoms with Gasteiger partial charge in [-0.25, -0.2) is 9.97 Å². The number of benzene rings is 1. The van der Waals surface area contributed by atoms with Crippen molar-refractivity contribution in [3.63, 3.8) is 0 Å². The molecule has 0 unspecified atom stereocenters. The minimum absolute atomic E-state index is 0.0542. The second-order valence-electron chi connectivity index (χ2n) is 7.28. The topological polar surface area (TPSA) is 58.1 Å². The van der Waals surface area contributed by atoms with Gasteiger partial charge in [-0.05, 0) is 23.5 Å². The second kappa shape index (κ2) is 8.10. The maximum absolute atomic E-state index is 12.5. The molecule has 1 N–H and O–H groups in total. The molecule has 0 spiro atoms. The van der Waals surface area contributed by atoms with Crippen molar-refractivity contribution in [1.29, 1.82) is 0 Å². The fourth-order valence-corrected chi connectivity index (χ4v) is 2.58. The van der Waals surface area contributed by atoms with E-state index >= 15 is 0 Å². The van der Waals surface area contributed by atoms with E-state index in [1.165, 1.54) is 6.20 Å². The third-order valence-corrected chi connectivity index (χ3v) is 4.09. The lowest BCUT2D eigenvalue weighted by Crippen LogP contribution is -2.22. The molecule has 1 aromatic heterocycles. The second-order valence-corrected chi connectivity index (χ2v) is 7.28. The molecule has 134 valence electrons. The summed E-state index contributed by atoms with van der Waals surface area (Å²) in [6.07, 6.45) is 5.42. The monoisotopic (exact) mass is 340 g/mol. The van der Waals surface area contributed by atoms with Crippen LogP contribution in [0.25, 0.3) is 0 Å². The number of nitrogens with zero attached hydrogens (tertiary/aromatic N) is 3. The third kappa shape index (κ3) is 5.02. The predicted molar refractivity (Wildman–Crippen MR) is 103 cm³/mol. The van der Waals surface area contributed by atoms with E-state index in [1.807, 2.05) is 36.2 Å². The molecule has 5 nitrogen and oxygen atoms in total. The van der Waals surface area contributed by atoms with Gasteiger partial charge in [-0.1, -0.05) is 52.3 Å². The van der Waals surface area contributed by atoms with Gasteiger partial charge in [0.1, 0.15) is 11.5 Å². The zero-order valence-electron chi connectivity index (χ0n) is 15.8. The Balaban J connectivity index is 2.12. The summed E-state index contributed by atoms with van der Waals surface area (Å²) in [4.78, 5) is 23.2. The number of nitrogens with one attached hydrogen (secondary N) is 1. The van der Waals surface area contributed by atoms with Crippen molar-refractivity contribution in [2.24, 2.45) is 0 Å². The highest BCUT2D eigenvalue weighted by Gasteiger charge is 2.19. The molecule has 0 fully saturated rings. The molecule has 25 heavy (non-hydrogen) atoms. The van der Waals surface area contributed by atoms with Crippen LogP contribution >= 0.6 is 0 Å². The van der Waals surface area contributed by atoms with E-state index in [1.54, 1.807) is 6.20 Å². The van der Waals surface area contributed by atoms with E-state index < -0.39 is 0 Å². The lowest BCUT2D eigenvalue weighted by molar-refractivity contribution is 0.102. The van der Waals surface area contributed by atoms with Gasteiger partial charge in [0.25, 0.3) is 5.91 Å². The Hall–Kier alpha value is -2.43. The first-order valence-corrected chi connectivity index (χ1v) is 8.77. The van der Waals surface area contributed by atoms with Gasteiger partial charge >= 0.3 is 0 Å². The number of amides is 1. The van der Waals surface area contributed by atoms with Crippen LogP contribution in [0.1, 0.15) is 56.6 Å². The Kier molecular flexibility index (Phi) is 6.12. The minimum atomic E-state index is -0.244. The van der Waals surface area contributed by atoms with E-state index in [9.17, 15) is 4.79 Å². The Bertz CT molecular complexity index is 704. The molecule has 2 rings (SSSR count). The quantitative estimate of drug-likeness (QED) is 0.853. The van der Waals surface area contributed by atoms with Crippen LogP contribution < -0.4 is 10.2 Å². The molecule has 1 amide bonds. The van der Waals surface area contributed by atoms with Crippen LogP contribution in [0.4, 0.5) is 11.5 Å². The van der Waals surface area contributed by atoms with Crippen LogP contribution in [0.5, 0.6) is 0 Å². The lowest BCUT2D eigenvalue weighted by Gasteiger charge is -2.23. The summed E-state index contributed by atoms with van der Waals surface area (Å²) >= 11 is 0. The highest BCUT2D eigenvalue weighted by molar-refractivity contribution is 6.03. The zero-order chi connectivity index (χ0) is 18.4. The summed E-state index contributed by atoms with van der Waals surface area (Å²) in [5.74, 6) is 0.534. The first kappa shape index (κ1) is 18.9. The summed E-state index contributed by atoms with van der Waals surface area (Å²) in [6, 6.07) is 7.85.